The van der Waals surface area contributed by atoms with Crippen LogP contribution in [0, 0.1) is 5.92 Å². The van der Waals surface area contributed by atoms with Crippen molar-refractivity contribution in [3.8, 4) is 0 Å². The Bertz CT molecular complexity index is 1620. The number of fused-ring (bicyclic) bond motifs is 1. The van der Waals surface area contributed by atoms with E-state index in [-0.39, 0.29) is 43.9 Å². The molecule has 1 N–H and O–H groups in total. The van der Waals surface area contributed by atoms with Crippen molar-refractivity contribution in [2.24, 2.45) is 5.92 Å². The van der Waals surface area contributed by atoms with E-state index >= 15 is 0 Å². The summed E-state index contributed by atoms with van der Waals surface area (Å²) in [5.41, 5.74) is -3.37. The number of likely N-dealkylation sites (tertiary alicyclic amines) is 1. The fraction of sp³-hybridized carbons (Fsp3) is 0.440. The van der Waals surface area contributed by atoms with Gasteiger partial charge in [-0.3, -0.25) is 14.3 Å². The van der Waals surface area contributed by atoms with Crippen LogP contribution in [0.2, 0.25) is 10.0 Å². The smallest absolute Gasteiger partial charge is 0.305 e. The molecular weight excluding hydrogens is 566 g/mol. The van der Waals surface area contributed by atoms with E-state index in [0.29, 0.717) is 29.6 Å². The zero-order chi connectivity index (χ0) is 28.0. The van der Waals surface area contributed by atoms with E-state index in [9.17, 15) is 31.2 Å². The molecule has 3 aromatic rings. The first-order chi connectivity index (χ1) is 17.8. The zero-order valence-electron chi connectivity index (χ0n) is 20.7. The molecule has 1 aliphatic heterocycles. The number of hydrogen-bond acceptors (Lipinski definition) is 5. The van der Waals surface area contributed by atoms with Crippen LogP contribution in [-0.4, -0.2) is 41.7 Å². The van der Waals surface area contributed by atoms with Crippen LogP contribution in [0.5, 0.6) is 0 Å². The van der Waals surface area contributed by atoms with Crippen LogP contribution in [0.25, 0.3) is 10.9 Å². The third-order valence-electron chi connectivity index (χ3n) is 7.02. The first-order valence-electron chi connectivity index (χ1n) is 12.1. The Morgan fingerprint density at radius 3 is 2.42 bits per heavy atom. The minimum Gasteiger partial charge on any atom is -0.305 e. The van der Waals surface area contributed by atoms with Crippen LogP contribution in [0.1, 0.15) is 43.4 Å². The van der Waals surface area contributed by atoms with Crippen molar-refractivity contribution >= 4 is 43.9 Å². The summed E-state index contributed by atoms with van der Waals surface area (Å²) in [4.78, 5) is 30.5. The van der Waals surface area contributed by atoms with Gasteiger partial charge in [0.05, 0.1) is 38.7 Å². The maximum Gasteiger partial charge on any atom is 0.416 e. The number of sulfone groups is 1. The number of hydrogen-bond donors (Lipinski definition) is 1. The van der Waals surface area contributed by atoms with Crippen LogP contribution in [-0.2, 0) is 29.1 Å². The second-order valence-corrected chi connectivity index (χ2v) is 12.5. The largest absolute Gasteiger partial charge is 0.416 e. The molecule has 0 aliphatic carbocycles. The van der Waals surface area contributed by atoms with Gasteiger partial charge in [-0.25, -0.2) is 13.2 Å². The lowest BCUT2D eigenvalue weighted by atomic mass is 10.0. The molecule has 0 radical (unpaired) electrons. The summed E-state index contributed by atoms with van der Waals surface area (Å²) in [7, 11) is -3.75. The lowest BCUT2D eigenvalue weighted by molar-refractivity contribution is -0.138. The number of rotatable bonds is 7. The Morgan fingerprint density at radius 2 is 1.82 bits per heavy atom. The first-order valence-corrected chi connectivity index (χ1v) is 14.5. The summed E-state index contributed by atoms with van der Waals surface area (Å²) in [6.45, 7) is 4.11. The Balaban J connectivity index is 1.88. The molecule has 1 atom stereocenters. The highest BCUT2D eigenvalue weighted by Gasteiger charge is 2.37. The molecule has 0 spiro atoms. The number of halogens is 5. The van der Waals surface area contributed by atoms with Crippen molar-refractivity contribution in [1.29, 1.82) is 0 Å². The lowest BCUT2D eigenvalue weighted by Gasteiger charge is -2.22. The molecule has 2 heterocycles. The van der Waals surface area contributed by atoms with Crippen molar-refractivity contribution < 1.29 is 21.6 Å². The Morgan fingerprint density at radius 1 is 1.11 bits per heavy atom. The quantitative estimate of drug-likeness (QED) is 0.413. The molecule has 4 rings (SSSR count). The van der Waals surface area contributed by atoms with Crippen molar-refractivity contribution in [2.45, 2.75) is 50.9 Å². The number of benzene rings is 2. The second kappa shape index (κ2) is 10.7. The molecule has 38 heavy (non-hydrogen) atoms. The van der Waals surface area contributed by atoms with E-state index in [1.165, 1.54) is 25.1 Å². The fourth-order valence-corrected chi connectivity index (χ4v) is 6.47. The normalized spacial score (nSPS) is 17.0. The number of nitrogens with one attached hydrogen (secondary N) is 1. The highest BCUT2D eigenvalue weighted by atomic mass is 35.5. The van der Waals surface area contributed by atoms with E-state index in [1.54, 1.807) is 0 Å². The van der Waals surface area contributed by atoms with Gasteiger partial charge in [-0.2, -0.15) is 13.2 Å². The minimum atomic E-state index is -4.81. The predicted octanol–water partition coefficient (Wildman–Crippen LogP) is 5.09. The van der Waals surface area contributed by atoms with Gasteiger partial charge in [-0.05, 0) is 54.3 Å². The van der Waals surface area contributed by atoms with Crippen LogP contribution in [0.3, 0.4) is 0 Å². The van der Waals surface area contributed by atoms with Gasteiger partial charge in [0, 0.05) is 18.1 Å². The first kappa shape index (κ1) is 28.7. The molecule has 1 aliphatic rings. The van der Waals surface area contributed by atoms with Crippen molar-refractivity contribution in [2.75, 3.05) is 18.8 Å². The summed E-state index contributed by atoms with van der Waals surface area (Å²) in [6.07, 6.45) is -3.03. The van der Waals surface area contributed by atoms with E-state index in [0.717, 1.165) is 12.8 Å². The third-order valence-corrected chi connectivity index (χ3v) is 9.50. The third kappa shape index (κ3) is 5.52. The standard InChI is InChI=1S/C25H26Cl2F3N3O4S/c1-3-14-7-8-32(11-14)13-18-19(25(28,29)30)10-17-22(21(18)27)31-24(35)33(23(17)34)12-15-9-16(26)5-6-20(15)38(36,37)4-2/h5-6,9-10,14H,3-4,7-8,11-13H2,1-2H3,(H,31,35)/t14-/m0/s1. The topological polar surface area (TPSA) is 92.2 Å². The van der Waals surface area contributed by atoms with E-state index in [2.05, 4.69) is 4.98 Å². The Hall–Kier alpha value is -2.34. The summed E-state index contributed by atoms with van der Waals surface area (Å²) >= 11 is 12.5. The highest BCUT2D eigenvalue weighted by molar-refractivity contribution is 7.91. The summed E-state index contributed by atoms with van der Waals surface area (Å²) in [5, 5.41) is -0.604. The van der Waals surface area contributed by atoms with Crippen LogP contribution < -0.4 is 11.2 Å². The lowest BCUT2D eigenvalue weighted by Crippen LogP contribution is -2.36. The van der Waals surface area contributed by atoms with Crippen LogP contribution >= 0.6 is 23.2 Å². The highest BCUT2D eigenvalue weighted by Crippen LogP contribution is 2.39. The van der Waals surface area contributed by atoms with Gasteiger partial charge in [0.15, 0.2) is 9.84 Å². The van der Waals surface area contributed by atoms with Gasteiger partial charge >= 0.3 is 11.9 Å². The van der Waals surface area contributed by atoms with Gasteiger partial charge in [0.1, 0.15) is 0 Å². The molecule has 0 bridgehead atoms. The zero-order valence-corrected chi connectivity index (χ0v) is 23.0. The van der Waals surface area contributed by atoms with Crippen molar-refractivity contribution in [3.05, 3.63) is 71.8 Å². The predicted molar refractivity (Wildman–Crippen MR) is 141 cm³/mol. The number of aromatic amines is 1. The molecule has 7 nitrogen and oxygen atoms in total. The van der Waals surface area contributed by atoms with Gasteiger partial charge in [0.2, 0.25) is 0 Å². The van der Waals surface area contributed by atoms with Crippen molar-refractivity contribution in [1.82, 2.24) is 14.5 Å². The molecule has 2 aromatic carbocycles. The van der Waals surface area contributed by atoms with Gasteiger partial charge in [0.25, 0.3) is 5.56 Å². The summed E-state index contributed by atoms with van der Waals surface area (Å²) < 4.78 is 68.2. The number of H-pyrrole nitrogens is 1. The second-order valence-electron chi connectivity index (χ2n) is 9.41. The van der Waals surface area contributed by atoms with Gasteiger partial charge < -0.3 is 4.98 Å². The van der Waals surface area contributed by atoms with Crippen LogP contribution in [0.15, 0.2) is 38.8 Å². The number of aromatic nitrogens is 2. The van der Waals surface area contributed by atoms with E-state index in [4.69, 9.17) is 23.2 Å². The number of alkyl halides is 3. The van der Waals surface area contributed by atoms with Gasteiger partial charge in [-0.1, -0.05) is 43.5 Å². The molecule has 1 aromatic heterocycles. The maximum absolute atomic E-state index is 14.2. The molecule has 0 amide bonds. The van der Waals surface area contributed by atoms with Crippen LogP contribution in [0.4, 0.5) is 13.2 Å². The summed E-state index contributed by atoms with van der Waals surface area (Å²) in [6, 6.07) is 4.64. The average molecular weight is 592 g/mol. The molecule has 1 saturated heterocycles. The Labute approximate surface area is 227 Å². The minimum absolute atomic E-state index is 0.0598. The molecule has 0 unspecified atom stereocenters. The van der Waals surface area contributed by atoms with E-state index < -0.39 is 44.8 Å². The Kier molecular flexibility index (Phi) is 8.05. The molecular formula is C25H26Cl2F3N3O4S. The average Bonchev–Trinajstić information content (AvgIpc) is 3.30. The summed E-state index contributed by atoms with van der Waals surface area (Å²) in [5.74, 6) is 0.136. The van der Waals surface area contributed by atoms with Crippen molar-refractivity contribution in [3.63, 3.8) is 0 Å². The molecule has 13 heteroatoms. The number of nitrogens with zero attached hydrogens (tertiary/aromatic N) is 2. The fourth-order valence-electron chi connectivity index (χ4n) is 4.86. The van der Waals surface area contributed by atoms with Gasteiger partial charge in [-0.15, -0.1) is 0 Å². The monoisotopic (exact) mass is 591 g/mol. The SMILES string of the molecule is CC[C@H]1CCN(Cc2c(C(F)(F)F)cc3c(=O)n(Cc4cc(Cl)ccc4S(=O)(=O)CC)c(=O)[nH]c3c2Cl)C1. The molecule has 206 valence electrons. The molecule has 0 saturated carbocycles. The molecule has 1 fully saturated rings. The maximum atomic E-state index is 14.2. The van der Waals surface area contributed by atoms with E-state index in [1.807, 2.05) is 11.8 Å².